The Morgan fingerprint density at radius 2 is 1.52 bits per heavy atom. The summed E-state index contributed by atoms with van der Waals surface area (Å²) in [6, 6.07) is 20.4. The molecule has 0 saturated heterocycles. The zero-order valence-electron chi connectivity index (χ0n) is 13.2. The molecule has 0 saturated carbocycles. The molecule has 1 aliphatic rings. The number of hydrogen-bond acceptors (Lipinski definition) is 1. The molecule has 2 aromatic rings. The van der Waals surface area contributed by atoms with Crippen LogP contribution >= 0.6 is 0 Å². The molecule has 0 bridgehead atoms. The van der Waals surface area contributed by atoms with Gasteiger partial charge in [0.05, 0.1) is 0 Å². The predicted octanol–water partition coefficient (Wildman–Crippen LogP) is 4.75. The minimum Gasteiger partial charge on any atom is -0.309 e. The average molecular weight is 279 g/mol. The summed E-state index contributed by atoms with van der Waals surface area (Å²) in [5.74, 6) is 1.68. The van der Waals surface area contributed by atoms with Crippen LogP contribution in [0.1, 0.15) is 49.4 Å². The van der Waals surface area contributed by atoms with Gasteiger partial charge in [-0.05, 0) is 35.1 Å². The quantitative estimate of drug-likeness (QED) is 0.836. The second-order valence-electron chi connectivity index (χ2n) is 6.62. The summed E-state index contributed by atoms with van der Waals surface area (Å²) in [7, 11) is 0. The van der Waals surface area contributed by atoms with Crippen molar-refractivity contribution in [3.8, 4) is 0 Å². The lowest BCUT2D eigenvalue weighted by molar-refractivity contribution is 0.387. The van der Waals surface area contributed by atoms with Crippen molar-refractivity contribution >= 4 is 0 Å². The van der Waals surface area contributed by atoms with E-state index in [2.05, 4.69) is 80.7 Å². The molecule has 0 aromatic heterocycles. The van der Waals surface area contributed by atoms with E-state index in [4.69, 9.17) is 0 Å². The number of rotatable bonds is 2. The zero-order valence-corrected chi connectivity index (χ0v) is 13.2. The molecule has 3 unspecified atom stereocenters. The monoisotopic (exact) mass is 279 g/mol. The summed E-state index contributed by atoms with van der Waals surface area (Å²) in [6.07, 6.45) is 0. The zero-order chi connectivity index (χ0) is 14.8. The van der Waals surface area contributed by atoms with Crippen LogP contribution in [0.25, 0.3) is 0 Å². The van der Waals surface area contributed by atoms with Gasteiger partial charge in [-0.15, -0.1) is 0 Å². The van der Waals surface area contributed by atoms with Crippen molar-refractivity contribution in [2.24, 2.45) is 11.8 Å². The third kappa shape index (κ3) is 2.75. The highest BCUT2D eigenvalue weighted by Crippen LogP contribution is 2.40. The molecule has 0 radical (unpaired) electrons. The third-order valence-corrected chi connectivity index (χ3v) is 4.72. The lowest BCUT2D eigenvalue weighted by Gasteiger charge is -2.24. The van der Waals surface area contributed by atoms with Crippen LogP contribution in [0.5, 0.6) is 0 Å². The maximum atomic E-state index is 3.79. The maximum absolute atomic E-state index is 3.79. The Hall–Kier alpha value is -1.60. The molecule has 21 heavy (non-hydrogen) atoms. The molecule has 1 heteroatoms. The normalized spacial score (nSPS) is 25.4. The van der Waals surface area contributed by atoms with Crippen molar-refractivity contribution in [1.82, 2.24) is 5.32 Å². The maximum Gasteiger partial charge on any atom is 0.0346 e. The topological polar surface area (TPSA) is 12.0 Å². The molecule has 1 heterocycles. The van der Waals surface area contributed by atoms with Gasteiger partial charge in [0.2, 0.25) is 0 Å². The number of hydrogen-bond donors (Lipinski definition) is 1. The SMILES string of the molecule is CC(C)C1NCC(C)C(c2ccccc2)c2ccccc21. The highest BCUT2D eigenvalue weighted by Gasteiger charge is 2.30. The van der Waals surface area contributed by atoms with Gasteiger partial charge in [-0.1, -0.05) is 75.4 Å². The lowest BCUT2D eigenvalue weighted by Crippen LogP contribution is -2.28. The highest BCUT2D eigenvalue weighted by atomic mass is 14.9. The van der Waals surface area contributed by atoms with E-state index < -0.39 is 0 Å². The molecular weight excluding hydrogens is 254 g/mol. The summed E-state index contributed by atoms with van der Waals surface area (Å²) in [5.41, 5.74) is 4.41. The van der Waals surface area contributed by atoms with Gasteiger partial charge in [0.1, 0.15) is 0 Å². The third-order valence-electron chi connectivity index (χ3n) is 4.72. The molecule has 2 aromatic carbocycles. The van der Waals surface area contributed by atoms with Crippen molar-refractivity contribution in [3.05, 3.63) is 71.3 Å². The number of fused-ring (bicyclic) bond motifs is 1. The standard InChI is InChI=1S/C20H25N/c1-14(2)20-18-12-8-7-11-17(18)19(15(3)13-21-20)16-9-5-4-6-10-16/h4-12,14-15,19-21H,13H2,1-3H3. The van der Waals surface area contributed by atoms with E-state index in [1.165, 1.54) is 16.7 Å². The Morgan fingerprint density at radius 1 is 0.905 bits per heavy atom. The number of benzene rings is 2. The first-order chi connectivity index (χ1) is 10.2. The summed E-state index contributed by atoms with van der Waals surface area (Å²) in [6.45, 7) is 8.05. The summed E-state index contributed by atoms with van der Waals surface area (Å²) < 4.78 is 0. The summed E-state index contributed by atoms with van der Waals surface area (Å²) >= 11 is 0. The fraction of sp³-hybridized carbons (Fsp3) is 0.400. The smallest absolute Gasteiger partial charge is 0.0346 e. The van der Waals surface area contributed by atoms with Crippen molar-refractivity contribution in [3.63, 3.8) is 0 Å². The van der Waals surface area contributed by atoms with Gasteiger partial charge in [-0.25, -0.2) is 0 Å². The van der Waals surface area contributed by atoms with E-state index in [0.29, 0.717) is 23.8 Å². The van der Waals surface area contributed by atoms with E-state index in [9.17, 15) is 0 Å². The molecule has 0 spiro atoms. The van der Waals surface area contributed by atoms with E-state index >= 15 is 0 Å². The second-order valence-corrected chi connectivity index (χ2v) is 6.62. The van der Waals surface area contributed by atoms with Crippen molar-refractivity contribution in [2.45, 2.75) is 32.7 Å². The molecule has 1 aliphatic heterocycles. The van der Waals surface area contributed by atoms with Crippen molar-refractivity contribution in [1.29, 1.82) is 0 Å². The van der Waals surface area contributed by atoms with Gasteiger partial charge in [-0.3, -0.25) is 0 Å². The Labute approximate surface area is 128 Å². The average Bonchev–Trinajstić information content (AvgIpc) is 2.64. The Morgan fingerprint density at radius 3 is 2.19 bits per heavy atom. The van der Waals surface area contributed by atoms with Crippen LogP contribution in [0.15, 0.2) is 54.6 Å². The largest absolute Gasteiger partial charge is 0.309 e. The molecule has 0 fully saturated rings. The van der Waals surface area contributed by atoms with Crippen LogP contribution in [0.3, 0.4) is 0 Å². The van der Waals surface area contributed by atoms with Gasteiger partial charge < -0.3 is 5.32 Å². The van der Waals surface area contributed by atoms with Crippen molar-refractivity contribution < 1.29 is 0 Å². The molecule has 3 rings (SSSR count). The molecule has 0 amide bonds. The van der Waals surface area contributed by atoms with E-state index in [1.807, 2.05) is 0 Å². The van der Waals surface area contributed by atoms with Crippen LogP contribution in [-0.2, 0) is 0 Å². The Balaban J connectivity index is 2.13. The van der Waals surface area contributed by atoms with Crippen molar-refractivity contribution in [2.75, 3.05) is 6.54 Å². The van der Waals surface area contributed by atoms with Gasteiger partial charge in [0.15, 0.2) is 0 Å². The van der Waals surface area contributed by atoms with Gasteiger partial charge >= 0.3 is 0 Å². The lowest BCUT2D eigenvalue weighted by atomic mass is 9.79. The molecule has 3 atom stereocenters. The van der Waals surface area contributed by atoms with Crippen LogP contribution in [-0.4, -0.2) is 6.54 Å². The minimum atomic E-state index is 0.456. The molecular formula is C20H25N. The fourth-order valence-electron chi connectivity index (χ4n) is 3.69. The van der Waals surface area contributed by atoms with E-state index in [1.54, 1.807) is 0 Å². The summed E-state index contributed by atoms with van der Waals surface area (Å²) in [5, 5.41) is 3.79. The van der Waals surface area contributed by atoms with Crippen LogP contribution in [0.4, 0.5) is 0 Å². The van der Waals surface area contributed by atoms with Crippen LogP contribution in [0, 0.1) is 11.8 Å². The van der Waals surface area contributed by atoms with Gasteiger partial charge in [-0.2, -0.15) is 0 Å². The second kappa shape index (κ2) is 6.03. The highest BCUT2D eigenvalue weighted by molar-refractivity contribution is 5.41. The fourth-order valence-corrected chi connectivity index (χ4v) is 3.69. The minimum absolute atomic E-state index is 0.456. The Kier molecular flexibility index (Phi) is 4.12. The van der Waals surface area contributed by atoms with E-state index in [-0.39, 0.29) is 0 Å². The molecule has 1 N–H and O–H groups in total. The molecule has 110 valence electrons. The molecule has 1 nitrogen and oxygen atoms in total. The Bertz CT molecular complexity index is 588. The number of nitrogens with one attached hydrogen (secondary N) is 1. The summed E-state index contributed by atoms with van der Waals surface area (Å²) in [4.78, 5) is 0. The van der Waals surface area contributed by atoms with Crippen LogP contribution < -0.4 is 5.32 Å². The first-order valence-corrected chi connectivity index (χ1v) is 8.05. The van der Waals surface area contributed by atoms with E-state index in [0.717, 1.165) is 6.54 Å². The first-order valence-electron chi connectivity index (χ1n) is 8.05. The first kappa shape index (κ1) is 14.3. The molecule has 0 aliphatic carbocycles. The van der Waals surface area contributed by atoms with Gasteiger partial charge in [0.25, 0.3) is 0 Å². The van der Waals surface area contributed by atoms with Crippen LogP contribution in [0.2, 0.25) is 0 Å². The predicted molar refractivity (Wildman–Crippen MR) is 89.5 cm³/mol. The van der Waals surface area contributed by atoms with Gasteiger partial charge in [0, 0.05) is 12.0 Å².